The zero-order valence-electron chi connectivity index (χ0n) is 19.1. The smallest absolute Gasteiger partial charge is 0.186 e. The zero-order valence-corrected chi connectivity index (χ0v) is 20.7. The summed E-state index contributed by atoms with van der Waals surface area (Å²) >= 11 is 3.10. The maximum absolute atomic E-state index is 13.3. The molecule has 36 heavy (non-hydrogen) atoms. The summed E-state index contributed by atoms with van der Waals surface area (Å²) in [6.45, 7) is 0. The molecular formula is C24H21BrF2N4O5. The molecule has 12 heteroatoms. The van der Waals surface area contributed by atoms with Crippen LogP contribution in [-0.2, 0) is 0 Å². The van der Waals surface area contributed by atoms with Crippen molar-refractivity contribution in [3.63, 3.8) is 0 Å². The minimum Gasteiger partial charge on any atom is -0.494 e. The van der Waals surface area contributed by atoms with Gasteiger partial charge in [0.05, 0.1) is 48.8 Å². The molecule has 3 aromatic heterocycles. The monoisotopic (exact) mass is 562 g/mol. The van der Waals surface area contributed by atoms with Crippen molar-refractivity contribution in [1.29, 1.82) is 0 Å². The molecule has 9 nitrogen and oxygen atoms in total. The molecule has 0 aliphatic carbocycles. The van der Waals surface area contributed by atoms with Crippen molar-refractivity contribution in [1.82, 2.24) is 9.78 Å². The van der Waals surface area contributed by atoms with Crippen molar-refractivity contribution in [3.05, 3.63) is 89.1 Å². The molecule has 5 aromatic rings. The Morgan fingerprint density at radius 1 is 1.00 bits per heavy atom. The Morgan fingerprint density at radius 3 is 2.25 bits per heavy atom. The van der Waals surface area contributed by atoms with Gasteiger partial charge < -0.3 is 23.7 Å². The molecular weight excluding hydrogens is 542 g/mol. The first kappa shape index (κ1) is 26.4. The average molecular weight is 563 g/mol. The Kier molecular flexibility index (Phi) is 9.19. The maximum atomic E-state index is 13.3. The molecule has 0 unspecified atom stereocenters. The number of aldehydes is 1. The number of furan rings is 2. The summed E-state index contributed by atoms with van der Waals surface area (Å²) in [5.41, 5.74) is 5.24. The normalized spacial score (nSPS) is 10.1. The molecule has 0 bridgehead atoms. The number of nitrogens with two attached hydrogens (primary N) is 1. The molecule has 5 rings (SSSR count). The number of hydrazine groups is 1. The number of aromatic nitrogens is 2. The number of anilines is 1. The van der Waals surface area contributed by atoms with Gasteiger partial charge in [0.15, 0.2) is 40.8 Å². The number of nitrogen functional groups attached to an aromatic ring is 1. The van der Waals surface area contributed by atoms with E-state index in [1.807, 2.05) is 0 Å². The molecule has 0 aliphatic heterocycles. The molecule has 2 aromatic carbocycles. The predicted octanol–water partition coefficient (Wildman–Crippen LogP) is 5.74. The fraction of sp³-hybridized carbons (Fsp3) is 0.0833. The van der Waals surface area contributed by atoms with Crippen LogP contribution in [0.1, 0.15) is 10.6 Å². The first-order chi connectivity index (χ1) is 17.4. The highest BCUT2D eigenvalue weighted by Crippen LogP contribution is 2.24. The van der Waals surface area contributed by atoms with Gasteiger partial charge in [0, 0.05) is 18.2 Å². The van der Waals surface area contributed by atoms with E-state index in [1.54, 1.807) is 41.4 Å². The number of carbonyl (C=O) groups excluding carboxylic acids is 1. The van der Waals surface area contributed by atoms with Gasteiger partial charge >= 0.3 is 0 Å². The second-order valence-corrected chi connectivity index (χ2v) is 7.64. The van der Waals surface area contributed by atoms with Gasteiger partial charge in [0.25, 0.3) is 0 Å². The number of nitrogens with one attached hydrogen (secondary N) is 1. The van der Waals surface area contributed by atoms with Crippen molar-refractivity contribution in [2.24, 2.45) is 5.84 Å². The number of hydrogen-bond acceptors (Lipinski definition) is 8. The van der Waals surface area contributed by atoms with Crippen LogP contribution in [-0.4, -0.2) is 30.3 Å². The lowest BCUT2D eigenvalue weighted by molar-refractivity contribution is 0.109. The van der Waals surface area contributed by atoms with E-state index >= 15 is 0 Å². The lowest BCUT2D eigenvalue weighted by atomic mass is 10.3. The van der Waals surface area contributed by atoms with Crippen LogP contribution in [0.25, 0.3) is 16.8 Å². The van der Waals surface area contributed by atoms with Gasteiger partial charge in [-0.3, -0.25) is 10.6 Å². The van der Waals surface area contributed by atoms with Crippen LogP contribution in [0.15, 0.2) is 80.6 Å². The van der Waals surface area contributed by atoms with Crippen molar-refractivity contribution < 1.29 is 31.9 Å². The van der Waals surface area contributed by atoms with E-state index in [1.165, 1.54) is 44.7 Å². The minimum absolute atomic E-state index is 0.181. The van der Waals surface area contributed by atoms with Gasteiger partial charge in [-0.1, -0.05) is 0 Å². The van der Waals surface area contributed by atoms with Crippen LogP contribution in [0, 0.1) is 11.6 Å². The SMILES string of the molecule is COc1cc(-n2ncc3occc32)ccc1F.COc1cc(NN)ccc1F.O=Cc1occc1Br. The fourth-order valence-electron chi connectivity index (χ4n) is 2.88. The highest BCUT2D eigenvalue weighted by molar-refractivity contribution is 9.10. The number of halogens is 3. The van der Waals surface area contributed by atoms with Crippen LogP contribution in [0.3, 0.4) is 0 Å². The fourth-order valence-corrected chi connectivity index (χ4v) is 3.18. The van der Waals surface area contributed by atoms with E-state index in [0.717, 1.165) is 11.2 Å². The van der Waals surface area contributed by atoms with Gasteiger partial charge in [-0.2, -0.15) is 5.10 Å². The molecule has 0 saturated carbocycles. The number of carbonyl (C=O) groups is 1. The highest BCUT2D eigenvalue weighted by atomic mass is 79.9. The summed E-state index contributed by atoms with van der Waals surface area (Å²) in [4.78, 5) is 9.96. The van der Waals surface area contributed by atoms with Crippen LogP contribution < -0.4 is 20.7 Å². The number of nitrogens with zero attached hydrogens (tertiary/aromatic N) is 2. The number of methoxy groups -OCH3 is 2. The molecule has 0 fully saturated rings. The molecule has 3 N–H and O–H groups in total. The molecule has 0 atom stereocenters. The third-order valence-electron chi connectivity index (χ3n) is 4.64. The quantitative estimate of drug-likeness (QED) is 0.158. The second kappa shape index (κ2) is 12.5. The summed E-state index contributed by atoms with van der Waals surface area (Å²) in [5, 5.41) is 4.18. The van der Waals surface area contributed by atoms with Crippen molar-refractivity contribution in [3.8, 4) is 17.2 Å². The van der Waals surface area contributed by atoms with Gasteiger partial charge in [-0.05, 0) is 46.3 Å². The standard InChI is InChI=1S/C12H9FN2O2.C7H9FN2O.C5H3BrO2/c1-16-11-6-8(2-3-9(11)13)15-10-4-5-17-12(10)7-14-15;1-11-7-4-5(10-9)2-3-6(7)8;6-4-1-2-8-5(4)3-7/h2-7H,1H3;2-4,10H,9H2,1H3;1-3H. The third-order valence-corrected chi connectivity index (χ3v) is 5.30. The van der Waals surface area contributed by atoms with E-state index in [9.17, 15) is 13.6 Å². The minimum atomic E-state index is -0.397. The second-order valence-electron chi connectivity index (χ2n) is 6.79. The van der Waals surface area contributed by atoms with Gasteiger partial charge in [-0.25, -0.2) is 13.5 Å². The predicted molar refractivity (Wildman–Crippen MR) is 132 cm³/mol. The summed E-state index contributed by atoms with van der Waals surface area (Å²) < 4.78 is 47.9. The van der Waals surface area contributed by atoms with E-state index in [2.05, 4.69) is 26.5 Å². The largest absolute Gasteiger partial charge is 0.494 e. The van der Waals surface area contributed by atoms with E-state index in [-0.39, 0.29) is 11.5 Å². The van der Waals surface area contributed by atoms with Crippen LogP contribution in [0.5, 0.6) is 11.5 Å². The van der Waals surface area contributed by atoms with Gasteiger partial charge in [0.2, 0.25) is 0 Å². The molecule has 0 amide bonds. The first-order valence-electron chi connectivity index (χ1n) is 10.1. The maximum Gasteiger partial charge on any atom is 0.186 e. The van der Waals surface area contributed by atoms with Crippen molar-refractivity contribution >= 4 is 39.0 Å². The number of hydrogen-bond donors (Lipinski definition) is 2. The zero-order chi connectivity index (χ0) is 26.1. The summed E-state index contributed by atoms with van der Waals surface area (Å²) in [7, 11) is 2.83. The Hall–Kier alpha value is -4.16. The molecule has 0 aliphatic rings. The van der Waals surface area contributed by atoms with Crippen LogP contribution in [0.2, 0.25) is 0 Å². The molecule has 0 spiro atoms. The van der Waals surface area contributed by atoms with Crippen molar-refractivity contribution in [2.75, 3.05) is 19.6 Å². The Labute approximate surface area is 212 Å². The Bertz CT molecular complexity index is 1430. The first-order valence-corrected chi connectivity index (χ1v) is 10.9. The number of ether oxygens (including phenoxy) is 2. The number of benzene rings is 2. The van der Waals surface area contributed by atoms with E-state index in [0.29, 0.717) is 27.8 Å². The lowest BCUT2D eigenvalue weighted by Gasteiger charge is -2.06. The summed E-state index contributed by atoms with van der Waals surface area (Å²) in [5.74, 6) is 5.01. The number of fused-ring (bicyclic) bond motifs is 1. The highest BCUT2D eigenvalue weighted by Gasteiger charge is 2.10. The van der Waals surface area contributed by atoms with Crippen LogP contribution in [0.4, 0.5) is 14.5 Å². The molecule has 188 valence electrons. The number of rotatable bonds is 5. The van der Waals surface area contributed by atoms with E-state index < -0.39 is 11.6 Å². The lowest BCUT2D eigenvalue weighted by Crippen LogP contribution is -2.06. The summed E-state index contributed by atoms with van der Waals surface area (Å²) in [6, 6.07) is 12.3. The van der Waals surface area contributed by atoms with E-state index in [4.69, 9.17) is 24.2 Å². The van der Waals surface area contributed by atoms with Gasteiger partial charge in [0.1, 0.15) is 5.52 Å². The third kappa shape index (κ3) is 6.29. The average Bonchev–Trinajstić information content (AvgIpc) is 3.63. The summed E-state index contributed by atoms with van der Waals surface area (Å²) in [6.07, 6.45) is 5.31. The topological polar surface area (TPSA) is 118 Å². The molecule has 0 radical (unpaired) electrons. The Balaban J connectivity index is 0.000000164. The Morgan fingerprint density at radius 2 is 1.67 bits per heavy atom. The molecule has 0 saturated heterocycles. The van der Waals surface area contributed by atoms with Gasteiger partial charge in [-0.15, -0.1) is 0 Å². The van der Waals surface area contributed by atoms with Crippen molar-refractivity contribution in [2.45, 2.75) is 0 Å². The van der Waals surface area contributed by atoms with Crippen LogP contribution >= 0.6 is 15.9 Å². The molecule has 3 heterocycles.